The number of carbonyl (C=O) groups excluding carboxylic acids is 1. The van der Waals surface area contributed by atoms with E-state index < -0.39 is 0 Å². The first-order chi connectivity index (χ1) is 19.1. The first-order valence-corrected chi connectivity index (χ1v) is 15.3. The van der Waals surface area contributed by atoms with E-state index in [9.17, 15) is 4.79 Å². The summed E-state index contributed by atoms with van der Waals surface area (Å²) in [5, 5.41) is 2.98. The summed E-state index contributed by atoms with van der Waals surface area (Å²) in [6.45, 7) is 14.4. The fraction of sp³-hybridized carbons (Fsp3) is 0.500. The molecule has 0 spiro atoms. The summed E-state index contributed by atoms with van der Waals surface area (Å²) in [5.74, 6) is 0.571. The van der Waals surface area contributed by atoms with Gasteiger partial charge in [0.2, 0.25) is 0 Å². The summed E-state index contributed by atoms with van der Waals surface area (Å²) in [6.07, 6.45) is 3.68. The predicted octanol–water partition coefficient (Wildman–Crippen LogP) is 4.13. The molecular formula is C30H42N5O4S+. The largest absolute Gasteiger partial charge is 0.497 e. The Morgan fingerprint density at radius 2 is 1.90 bits per heavy atom. The van der Waals surface area contributed by atoms with Crippen LogP contribution in [0.4, 0.5) is 11.4 Å². The van der Waals surface area contributed by atoms with Crippen LogP contribution in [0.1, 0.15) is 36.8 Å². The van der Waals surface area contributed by atoms with Crippen molar-refractivity contribution in [2.75, 3.05) is 70.8 Å². The van der Waals surface area contributed by atoms with E-state index in [2.05, 4.69) is 65.1 Å². The van der Waals surface area contributed by atoms with Gasteiger partial charge >= 0.3 is 0 Å². The van der Waals surface area contributed by atoms with Crippen molar-refractivity contribution in [2.45, 2.75) is 32.4 Å². The van der Waals surface area contributed by atoms with Crippen molar-refractivity contribution in [3.05, 3.63) is 53.9 Å². The molecule has 0 radical (unpaired) electrons. The fourth-order valence-corrected chi connectivity index (χ4v) is 5.04. The Kier molecular flexibility index (Phi) is 10.2. The molecule has 1 saturated heterocycles. The van der Waals surface area contributed by atoms with Crippen molar-refractivity contribution in [2.24, 2.45) is 0 Å². The number of benzene rings is 2. The number of morpholine rings is 1. The number of nitrogens with zero attached hydrogens (tertiary/aromatic N) is 4. The summed E-state index contributed by atoms with van der Waals surface area (Å²) < 4.78 is 17.3. The van der Waals surface area contributed by atoms with Crippen LogP contribution in [0, 0.1) is 6.92 Å². The number of methoxy groups -OCH3 is 1. The van der Waals surface area contributed by atoms with Gasteiger partial charge in [0.1, 0.15) is 35.5 Å². The Bertz CT molecular complexity index is 1290. The normalized spacial score (nSPS) is 15.2. The quantitative estimate of drug-likeness (QED) is 0.346. The number of aryl methyl sites for hydroxylation is 1. The summed E-state index contributed by atoms with van der Waals surface area (Å²) in [4.78, 5) is 26.5. The van der Waals surface area contributed by atoms with E-state index in [0.717, 1.165) is 61.1 Å². The van der Waals surface area contributed by atoms with Crippen LogP contribution in [0.3, 0.4) is 0 Å². The van der Waals surface area contributed by atoms with Crippen LogP contribution in [0.25, 0.3) is 11.0 Å². The van der Waals surface area contributed by atoms with Gasteiger partial charge in [-0.3, -0.25) is 14.7 Å². The Hall–Kier alpha value is -2.92. The molecule has 1 aliphatic rings. The highest BCUT2D eigenvalue weighted by Gasteiger charge is 2.32. The Labute approximate surface area is 240 Å². The lowest BCUT2D eigenvalue weighted by molar-refractivity contribution is 0.0383. The van der Waals surface area contributed by atoms with E-state index in [-0.39, 0.29) is 21.8 Å². The lowest BCUT2D eigenvalue weighted by Gasteiger charge is -2.26. The highest BCUT2D eigenvalue weighted by molar-refractivity contribution is 7.93. The fourth-order valence-electron chi connectivity index (χ4n) is 4.36. The second-order valence-electron chi connectivity index (χ2n) is 10.9. The smallest absolute Gasteiger partial charge is 0.271 e. The van der Waals surface area contributed by atoms with Gasteiger partial charge in [-0.05, 0) is 63.6 Å². The van der Waals surface area contributed by atoms with Crippen LogP contribution in [-0.2, 0) is 20.1 Å². The predicted molar refractivity (Wildman–Crippen MR) is 163 cm³/mol. The molecule has 0 saturated carbocycles. The van der Waals surface area contributed by atoms with Gasteiger partial charge in [-0.25, -0.2) is 4.98 Å². The number of fused-ring (bicyclic) bond motifs is 1. The zero-order chi connectivity index (χ0) is 28.7. The molecule has 2 aromatic carbocycles. The van der Waals surface area contributed by atoms with Crippen LogP contribution in [0.2, 0.25) is 0 Å². The second-order valence-corrected chi connectivity index (χ2v) is 13.3. The van der Waals surface area contributed by atoms with Crippen molar-refractivity contribution >= 4 is 39.5 Å². The summed E-state index contributed by atoms with van der Waals surface area (Å²) in [7, 11) is 1.68. The first-order valence-electron chi connectivity index (χ1n) is 13.7. The van der Waals surface area contributed by atoms with Gasteiger partial charge in [0.15, 0.2) is 4.75 Å². The van der Waals surface area contributed by atoms with Crippen molar-refractivity contribution in [3.8, 4) is 5.75 Å². The molecule has 1 fully saturated rings. The number of carbonyl (C=O) groups is 1. The average Bonchev–Trinajstić information content (AvgIpc) is 2.94. The number of aromatic nitrogens is 2. The molecule has 4 rings (SSSR count). The lowest BCUT2D eigenvalue weighted by atomic mass is 10.1. The van der Waals surface area contributed by atoms with Gasteiger partial charge in [0.25, 0.3) is 5.91 Å². The second kappa shape index (κ2) is 13.6. The molecule has 9 nitrogen and oxygen atoms in total. The maximum Gasteiger partial charge on any atom is 0.271 e. The third-order valence-corrected chi connectivity index (χ3v) is 9.15. The Morgan fingerprint density at radius 3 is 2.62 bits per heavy atom. The van der Waals surface area contributed by atoms with Crippen LogP contribution in [0.5, 0.6) is 5.75 Å². The van der Waals surface area contributed by atoms with Crippen LogP contribution in [-0.4, -0.2) is 91.4 Å². The number of amides is 1. The maximum absolute atomic E-state index is 12.9. The standard InChI is InChI=1S/C30H41N5O4S/c1-22-17-24(19-25(18-22)37-5)35(13-16-39-40(6)30(2,3)4)23-7-8-26-27(20-23)33-28(21-32-26)29(36)31-9-10-34-11-14-38-15-12-34/h7-8,17-21H,9-16H2,1-6H3/p+1. The van der Waals surface area contributed by atoms with Crippen LogP contribution in [0.15, 0.2) is 42.6 Å². The molecule has 40 heavy (non-hydrogen) atoms. The molecule has 0 aliphatic carbocycles. The van der Waals surface area contributed by atoms with E-state index >= 15 is 0 Å². The molecule has 3 aromatic rings. The minimum absolute atomic E-state index is 0.0785. The third-order valence-electron chi connectivity index (χ3n) is 6.91. The van der Waals surface area contributed by atoms with Crippen LogP contribution >= 0.6 is 0 Å². The van der Waals surface area contributed by atoms with Gasteiger partial charge in [0.05, 0.1) is 44.1 Å². The Balaban J connectivity index is 1.55. The number of hydrogen-bond donors (Lipinski definition) is 1. The zero-order valence-corrected chi connectivity index (χ0v) is 25.3. The maximum atomic E-state index is 12.9. The topological polar surface area (TPSA) is 89.1 Å². The summed E-state index contributed by atoms with van der Waals surface area (Å²) in [5.41, 5.74) is 4.73. The van der Waals surface area contributed by atoms with Crippen molar-refractivity contribution in [1.82, 2.24) is 20.2 Å². The number of ether oxygens (including phenoxy) is 2. The molecular weight excluding hydrogens is 526 g/mol. The molecule has 216 valence electrons. The van der Waals surface area contributed by atoms with Crippen LogP contribution < -0.4 is 15.0 Å². The molecule has 0 bridgehead atoms. The molecule has 1 unspecified atom stereocenters. The van der Waals surface area contributed by atoms with Crippen molar-refractivity contribution in [3.63, 3.8) is 0 Å². The van der Waals surface area contributed by atoms with Gasteiger partial charge in [-0.15, -0.1) is 0 Å². The molecule has 1 amide bonds. The summed E-state index contributed by atoms with van der Waals surface area (Å²) >= 11 is -0.190. The molecule has 1 N–H and O–H groups in total. The molecule has 1 atom stereocenters. The van der Waals surface area contributed by atoms with E-state index in [1.54, 1.807) is 7.11 Å². The molecule has 2 heterocycles. The third kappa shape index (κ3) is 8.06. The SMILES string of the molecule is COc1cc(C)cc(N(CCO[S+](C)C(C)(C)C)c2ccc3ncc(C(=O)NCCN4CCOCC4)nc3c2)c1. The Morgan fingerprint density at radius 1 is 1.12 bits per heavy atom. The van der Waals surface area contributed by atoms with Crippen molar-refractivity contribution < 1.29 is 18.5 Å². The molecule has 1 aromatic heterocycles. The monoisotopic (exact) mass is 568 g/mol. The highest BCUT2D eigenvalue weighted by atomic mass is 32.2. The van der Waals surface area contributed by atoms with Crippen molar-refractivity contribution in [1.29, 1.82) is 0 Å². The number of nitrogens with one attached hydrogen (secondary N) is 1. The minimum Gasteiger partial charge on any atom is -0.497 e. The van der Waals surface area contributed by atoms with Gasteiger partial charge < -0.3 is 19.7 Å². The van der Waals surface area contributed by atoms with E-state index in [1.165, 1.54) is 6.20 Å². The summed E-state index contributed by atoms with van der Waals surface area (Å²) in [6, 6.07) is 12.1. The lowest BCUT2D eigenvalue weighted by Crippen LogP contribution is -2.41. The number of rotatable bonds is 11. The minimum atomic E-state index is -0.223. The zero-order valence-electron chi connectivity index (χ0n) is 24.5. The van der Waals surface area contributed by atoms with E-state index in [4.69, 9.17) is 13.7 Å². The van der Waals surface area contributed by atoms with Gasteiger partial charge in [-0.2, -0.15) is 4.18 Å². The van der Waals surface area contributed by atoms with Gasteiger partial charge in [0, 0.05) is 43.6 Å². The molecule has 1 aliphatic heterocycles. The number of hydrogen-bond acceptors (Lipinski definition) is 8. The molecule has 10 heteroatoms. The van der Waals surface area contributed by atoms with E-state index in [0.29, 0.717) is 30.9 Å². The number of anilines is 2. The van der Waals surface area contributed by atoms with Gasteiger partial charge in [-0.1, -0.05) is 0 Å². The average molecular weight is 569 g/mol. The van der Waals surface area contributed by atoms with E-state index in [1.807, 2.05) is 30.3 Å². The first kappa shape index (κ1) is 30.0. The highest BCUT2D eigenvalue weighted by Crippen LogP contribution is 2.31.